The Balaban J connectivity index is 3.46. The van der Waals surface area contributed by atoms with Crippen molar-refractivity contribution in [2.24, 2.45) is 9.98 Å². The summed E-state index contributed by atoms with van der Waals surface area (Å²) >= 11 is 0. The minimum absolute atomic E-state index is 0.965. The summed E-state index contributed by atoms with van der Waals surface area (Å²) in [4.78, 5) is 9.36. The highest BCUT2D eigenvalue weighted by atomic mass is 14.8. The fourth-order valence-electron chi connectivity index (χ4n) is 2.21. The van der Waals surface area contributed by atoms with Crippen LogP contribution in [0.3, 0.4) is 0 Å². The van der Waals surface area contributed by atoms with Crippen LogP contribution >= 0.6 is 0 Å². The van der Waals surface area contributed by atoms with Crippen molar-refractivity contribution in [2.75, 3.05) is 7.05 Å². The van der Waals surface area contributed by atoms with Crippen LogP contribution in [0.15, 0.2) is 63.2 Å². The van der Waals surface area contributed by atoms with Crippen molar-refractivity contribution in [1.29, 1.82) is 0 Å². The monoisotopic (exact) mass is 296 g/mol. The molecule has 0 saturated carbocycles. The van der Waals surface area contributed by atoms with Crippen LogP contribution in [0.4, 0.5) is 0 Å². The van der Waals surface area contributed by atoms with Crippen LogP contribution in [0.1, 0.15) is 53.0 Å². The molecule has 0 bridgehead atoms. The highest BCUT2D eigenvalue weighted by molar-refractivity contribution is 6.06. The molecule has 2 nitrogen and oxygen atoms in total. The second kappa shape index (κ2) is 9.14. The average Bonchev–Trinajstić information content (AvgIpc) is 2.57. The van der Waals surface area contributed by atoms with E-state index in [1.54, 1.807) is 0 Å². The van der Waals surface area contributed by atoms with E-state index in [1.165, 1.54) is 16.7 Å². The third-order valence-electron chi connectivity index (χ3n) is 3.90. The normalized spacial score (nSPS) is 14.9. The maximum absolute atomic E-state index is 5.00. The largest absolute Gasteiger partial charge is 0.291 e. The smallest absolute Gasteiger partial charge is 0.0872 e. The van der Waals surface area contributed by atoms with E-state index in [9.17, 15) is 0 Å². The molecule has 0 unspecified atom stereocenters. The lowest BCUT2D eigenvalue weighted by Crippen LogP contribution is -2.06. The number of rotatable bonds is 6. The standard InChI is InChI=1S/C20H28N2/c1-7-12-19(18-13-10-9-11-14-18)22-20(17(5)21-6)16(4)15(3)8-2/h8-11,13-14H,7,12H2,1-6H3/b15-8+,20-16-,21-17?,22-19?. The van der Waals surface area contributed by atoms with Crippen LogP contribution in [0, 0.1) is 0 Å². The quantitative estimate of drug-likeness (QED) is 0.482. The van der Waals surface area contributed by atoms with E-state index in [2.05, 4.69) is 63.0 Å². The Morgan fingerprint density at radius 2 is 1.73 bits per heavy atom. The van der Waals surface area contributed by atoms with Gasteiger partial charge in [-0.3, -0.25) is 9.98 Å². The van der Waals surface area contributed by atoms with Gasteiger partial charge >= 0.3 is 0 Å². The molecule has 0 saturated heterocycles. The number of nitrogens with zero attached hydrogens (tertiary/aromatic N) is 2. The maximum atomic E-state index is 5.00. The average molecular weight is 296 g/mol. The van der Waals surface area contributed by atoms with Crippen LogP contribution in [0.5, 0.6) is 0 Å². The third-order valence-corrected chi connectivity index (χ3v) is 3.90. The Kier molecular flexibility index (Phi) is 7.51. The molecule has 0 fully saturated rings. The van der Waals surface area contributed by atoms with Crippen molar-refractivity contribution in [3.8, 4) is 0 Å². The summed E-state index contributed by atoms with van der Waals surface area (Å²) in [5.74, 6) is 0. The Morgan fingerprint density at radius 3 is 2.23 bits per heavy atom. The van der Waals surface area contributed by atoms with Gasteiger partial charge in [-0.1, -0.05) is 55.3 Å². The molecule has 0 N–H and O–H groups in total. The molecule has 2 heteroatoms. The number of aliphatic imine (C=N–C) groups is 2. The minimum atomic E-state index is 0.965. The summed E-state index contributed by atoms with van der Waals surface area (Å²) in [6.07, 6.45) is 4.16. The SMILES string of the molecule is C/C=C(C)/C(C)=C(\N=C(CCC)c1ccccc1)C(C)=NC. The summed E-state index contributed by atoms with van der Waals surface area (Å²) in [6.45, 7) is 10.5. The summed E-state index contributed by atoms with van der Waals surface area (Å²) in [6, 6.07) is 10.4. The van der Waals surface area contributed by atoms with Crippen molar-refractivity contribution in [3.05, 3.63) is 58.8 Å². The van der Waals surface area contributed by atoms with Gasteiger partial charge in [0, 0.05) is 12.8 Å². The van der Waals surface area contributed by atoms with E-state index in [0.29, 0.717) is 0 Å². The van der Waals surface area contributed by atoms with Gasteiger partial charge in [0.15, 0.2) is 0 Å². The first kappa shape index (κ1) is 18.1. The lowest BCUT2D eigenvalue weighted by Gasteiger charge is -2.12. The van der Waals surface area contributed by atoms with Crippen LogP contribution in [0.25, 0.3) is 0 Å². The second-order valence-corrected chi connectivity index (χ2v) is 5.43. The first-order valence-electron chi connectivity index (χ1n) is 7.96. The molecule has 0 aliphatic carbocycles. The zero-order valence-corrected chi connectivity index (χ0v) is 14.8. The van der Waals surface area contributed by atoms with Crippen molar-refractivity contribution in [2.45, 2.75) is 47.5 Å². The van der Waals surface area contributed by atoms with Crippen LogP contribution in [0.2, 0.25) is 0 Å². The Labute approximate surface area is 135 Å². The van der Waals surface area contributed by atoms with Gasteiger partial charge in [0.25, 0.3) is 0 Å². The first-order valence-corrected chi connectivity index (χ1v) is 7.96. The van der Waals surface area contributed by atoms with Crippen LogP contribution < -0.4 is 0 Å². The topological polar surface area (TPSA) is 24.7 Å². The number of hydrogen-bond acceptors (Lipinski definition) is 2. The molecule has 0 aliphatic rings. The van der Waals surface area contributed by atoms with E-state index in [0.717, 1.165) is 30.0 Å². The molecule has 0 spiro atoms. The second-order valence-electron chi connectivity index (χ2n) is 5.43. The third kappa shape index (κ3) is 4.80. The molecule has 0 amide bonds. The van der Waals surface area contributed by atoms with Gasteiger partial charge in [0.2, 0.25) is 0 Å². The molecule has 0 atom stereocenters. The van der Waals surface area contributed by atoms with E-state index in [1.807, 2.05) is 20.0 Å². The summed E-state index contributed by atoms with van der Waals surface area (Å²) < 4.78 is 0. The number of hydrogen-bond donors (Lipinski definition) is 0. The molecule has 0 heterocycles. The molecule has 22 heavy (non-hydrogen) atoms. The van der Waals surface area contributed by atoms with E-state index in [-0.39, 0.29) is 0 Å². The van der Waals surface area contributed by atoms with Crippen LogP contribution in [-0.2, 0) is 0 Å². The van der Waals surface area contributed by atoms with Crippen LogP contribution in [-0.4, -0.2) is 18.5 Å². The lowest BCUT2D eigenvalue weighted by molar-refractivity contribution is 0.989. The molecule has 118 valence electrons. The first-order chi connectivity index (χ1) is 10.5. The molecule has 0 radical (unpaired) electrons. The van der Waals surface area contributed by atoms with Gasteiger partial charge in [-0.15, -0.1) is 0 Å². The summed E-state index contributed by atoms with van der Waals surface area (Å²) in [7, 11) is 1.82. The van der Waals surface area contributed by atoms with Gasteiger partial charge in [0.1, 0.15) is 0 Å². The minimum Gasteiger partial charge on any atom is -0.291 e. The number of allylic oxidation sites excluding steroid dienone is 4. The zero-order valence-electron chi connectivity index (χ0n) is 14.8. The maximum Gasteiger partial charge on any atom is 0.0872 e. The van der Waals surface area contributed by atoms with Gasteiger partial charge in [0.05, 0.1) is 11.4 Å². The van der Waals surface area contributed by atoms with Gasteiger partial charge in [-0.25, -0.2) is 0 Å². The van der Waals surface area contributed by atoms with E-state index < -0.39 is 0 Å². The fourth-order valence-corrected chi connectivity index (χ4v) is 2.21. The summed E-state index contributed by atoms with van der Waals surface area (Å²) in [5, 5.41) is 0. The van der Waals surface area contributed by atoms with E-state index >= 15 is 0 Å². The van der Waals surface area contributed by atoms with Crippen molar-refractivity contribution in [1.82, 2.24) is 0 Å². The Morgan fingerprint density at radius 1 is 1.09 bits per heavy atom. The van der Waals surface area contributed by atoms with Gasteiger partial charge < -0.3 is 0 Å². The number of benzene rings is 1. The lowest BCUT2D eigenvalue weighted by atomic mass is 10.0. The molecule has 1 aromatic carbocycles. The predicted molar refractivity (Wildman–Crippen MR) is 99.1 cm³/mol. The van der Waals surface area contributed by atoms with Crippen molar-refractivity contribution in [3.63, 3.8) is 0 Å². The molecule has 0 aromatic heterocycles. The Hall–Kier alpha value is -1.96. The molecule has 1 rings (SSSR count). The van der Waals surface area contributed by atoms with Crippen molar-refractivity contribution < 1.29 is 0 Å². The summed E-state index contributed by atoms with van der Waals surface area (Å²) in [5.41, 5.74) is 6.72. The van der Waals surface area contributed by atoms with Gasteiger partial charge in [-0.05, 0) is 45.3 Å². The highest BCUT2D eigenvalue weighted by Gasteiger charge is 2.10. The molecule has 0 aliphatic heterocycles. The Bertz CT molecular complexity index is 602. The molecular formula is C20H28N2. The van der Waals surface area contributed by atoms with Crippen molar-refractivity contribution >= 4 is 11.4 Å². The fraction of sp³-hybridized carbons (Fsp3) is 0.400. The molecular weight excluding hydrogens is 268 g/mol. The van der Waals surface area contributed by atoms with E-state index in [4.69, 9.17) is 4.99 Å². The zero-order chi connectivity index (χ0) is 16.5. The predicted octanol–water partition coefficient (Wildman–Crippen LogP) is 5.61. The molecule has 1 aromatic rings. The van der Waals surface area contributed by atoms with Gasteiger partial charge in [-0.2, -0.15) is 0 Å². The highest BCUT2D eigenvalue weighted by Crippen LogP contribution is 2.19.